The molecule has 0 aliphatic rings. The van der Waals surface area contributed by atoms with Crippen molar-refractivity contribution < 1.29 is 24.6 Å². The standard InChI is InChI=1S/C8H9NO5/c1-13-5-4-8(12)14-9-6(10)2-3-7(9)11/h2-5,10-11H,1H3. The molecule has 0 spiro atoms. The Hall–Kier alpha value is -2.11. The van der Waals surface area contributed by atoms with E-state index in [2.05, 4.69) is 9.57 Å². The zero-order valence-electron chi connectivity index (χ0n) is 7.38. The first-order chi connectivity index (χ1) is 6.65. The second-order valence-corrected chi connectivity index (χ2v) is 2.29. The molecule has 6 heteroatoms. The Balaban J connectivity index is 2.69. The van der Waals surface area contributed by atoms with Gasteiger partial charge in [-0.1, -0.05) is 0 Å². The Morgan fingerprint density at radius 1 is 1.43 bits per heavy atom. The van der Waals surface area contributed by atoms with E-state index in [1.165, 1.54) is 19.2 Å². The zero-order chi connectivity index (χ0) is 10.6. The van der Waals surface area contributed by atoms with Crippen molar-refractivity contribution in [3.63, 3.8) is 0 Å². The minimum Gasteiger partial charge on any atom is -0.504 e. The Labute approximate surface area is 79.6 Å². The molecule has 1 aromatic rings. The van der Waals surface area contributed by atoms with E-state index in [0.717, 1.165) is 12.3 Å². The van der Waals surface area contributed by atoms with E-state index >= 15 is 0 Å². The van der Waals surface area contributed by atoms with E-state index in [-0.39, 0.29) is 11.8 Å². The van der Waals surface area contributed by atoms with Crippen molar-refractivity contribution in [1.29, 1.82) is 0 Å². The van der Waals surface area contributed by atoms with Crippen molar-refractivity contribution in [2.75, 3.05) is 7.11 Å². The molecule has 0 aromatic carbocycles. The Morgan fingerprint density at radius 2 is 2.00 bits per heavy atom. The largest absolute Gasteiger partial charge is 0.504 e. The number of hydrogen-bond donors (Lipinski definition) is 2. The normalized spacial score (nSPS) is 10.4. The van der Waals surface area contributed by atoms with Gasteiger partial charge in [-0.15, -0.1) is 4.73 Å². The molecule has 0 fully saturated rings. The number of methoxy groups -OCH3 is 1. The molecule has 0 saturated carbocycles. The third-order valence-corrected chi connectivity index (χ3v) is 1.32. The van der Waals surface area contributed by atoms with Gasteiger partial charge in [-0.05, 0) is 0 Å². The predicted molar refractivity (Wildman–Crippen MR) is 45.5 cm³/mol. The molecule has 0 unspecified atom stereocenters. The van der Waals surface area contributed by atoms with Crippen molar-refractivity contribution in [2.24, 2.45) is 0 Å². The summed E-state index contributed by atoms with van der Waals surface area (Å²) in [5, 5.41) is 18.2. The van der Waals surface area contributed by atoms with Crippen molar-refractivity contribution in [2.45, 2.75) is 0 Å². The third kappa shape index (κ3) is 2.19. The number of nitrogens with zero attached hydrogens (tertiary/aromatic N) is 1. The van der Waals surface area contributed by atoms with Crippen LogP contribution < -0.4 is 4.84 Å². The van der Waals surface area contributed by atoms with Gasteiger partial charge in [-0.25, -0.2) is 4.79 Å². The van der Waals surface area contributed by atoms with E-state index < -0.39 is 5.97 Å². The summed E-state index contributed by atoms with van der Waals surface area (Å²) in [6.45, 7) is 0. The molecule has 76 valence electrons. The highest BCUT2D eigenvalue weighted by atomic mass is 16.7. The summed E-state index contributed by atoms with van der Waals surface area (Å²) in [4.78, 5) is 15.5. The molecule has 6 nitrogen and oxygen atoms in total. The maximum absolute atomic E-state index is 10.9. The Kier molecular flexibility index (Phi) is 3.01. The second-order valence-electron chi connectivity index (χ2n) is 2.29. The van der Waals surface area contributed by atoms with Crippen LogP contribution in [0.15, 0.2) is 24.5 Å². The zero-order valence-corrected chi connectivity index (χ0v) is 7.38. The number of hydrogen-bond acceptors (Lipinski definition) is 5. The fraction of sp³-hybridized carbons (Fsp3) is 0.125. The van der Waals surface area contributed by atoms with Gasteiger partial charge in [0.2, 0.25) is 11.8 Å². The van der Waals surface area contributed by atoms with Crippen molar-refractivity contribution in [3.05, 3.63) is 24.5 Å². The van der Waals surface area contributed by atoms with Crippen LogP contribution in [0.4, 0.5) is 0 Å². The van der Waals surface area contributed by atoms with E-state index in [1.807, 2.05) is 0 Å². The van der Waals surface area contributed by atoms with Crippen LogP contribution in [0, 0.1) is 0 Å². The molecule has 0 saturated heterocycles. The van der Waals surface area contributed by atoms with E-state index in [9.17, 15) is 4.79 Å². The number of ether oxygens (including phenoxy) is 1. The SMILES string of the molecule is COC=CC(=O)On1c(O)ccc1O. The summed E-state index contributed by atoms with van der Waals surface area (Å²) in [6.07, 6.45) is 2.11. The minimum absolute atomic E-state index is 0.373. The van der Waals surface area contributed by atoms with Crippen LogP contribution >= 0.6 is 0 Å². The first kappa shape index (κ1) is 9.97. The molecular formula is C8H9NO5. The van der Waals surface area contributed by atoms with Crippen molar-refractivity contribution >= 4 is 5.97 Å². The molecule has 0 amide bonds. The minimum atomic E-state index is -0.784. The second kappa shape index (κ2) is 4.22. The Morgan fingerprint density at radius 3 is 2.50 bits per heavy atom. The smallest absolute Gasteiger partial charge is 0.359 e. The highest BCUT2D eigenvalue weighted by Gasteiger charge is 2.09. The summed E-state index contributed by atoms with van der Waals surface area (Å²) < 4.78 is 5.06. The highest BCUT2D eigenvalue weighted by molar-refractivity contribution is 5.82. The summed E-state index contributed by atoms with van der Waals surface area (Å²) in [5.74, 6) is -1.53. The fourth-order valence-electron chi connectivity index (χ4n) is 0.739. The van der Waals surface area contributed by atoms with Crippen LogP contribution in [-0.4, -0.2) is 28.0 Å². The van der Waals surface area contributed by atoms with Gasteiger partial charge in [0.25, 0.3) is 0 Å². The summed E-state index contributed by atoms with van der Waals surface area (Å²) >= 11 is 0. The van der Waals surface area contributed by atoms with Crippen LogP contribution in [0.1, 0.15) is 0 Å². The molecule has 0 aliphatic heterocycles. The molecule has 1 rings (SSSR count). The van der Waals surface area contributed by atoms with E-state index in [4.69, 9.17) is 10.2 Å². The van der Waals surface area contributed by atoms with Crippen molar-refractivity contribution in [1.82, 2.24) is 4.73 Å². The van der Waals surface area contributed by atoms with E-state index in [1.54, 1.807) is 0 Å². The lowest BCUT2D eigenvalue weighted by Crippen LogP contribution is -2.16. The molecule has 0 radical (unpaired) electrons. The average molecular weight is 199 g/mol. The van der Waals surface area contributed by atoms with E-state index in [0.29, 0.717) is 4.73 Å². The van der Waals surface area contributed by atoms with Crippen molar-refractivity contribution in [3.8, 4) is 11.8 Å². The van der Waals surface area contributed by atoms with Gasteiger partial charge in [0.05, 0.1) is 19.4 Å². The van der Waals surface area contributed by atoms with Gasteiger partial charge < -0.3 is 19.8 Å². The Bertz CT molecular complexity index is 335. The van der Waals surface area contributed by atoms with Gasteiger partial charge >= 0.3 is 5.97 Å². The van der Waals surface area contributed by atoms with Crippen LogP contribution in [0.25, 0.3) is 0 Å². The number of aromatic nitrogens is 1. The highest BCUT2D eigenvalue weighted by Crippen LogP contribution is 2.18. The quantitative estimate of drug-likeness (QED) is 0.529. The molecule has 2 N–H and O–H groups in total. The summed E-state index contributed by atoms with van der Waals surface area (Å²) in [5.41, 5.74) is 0. The molecule has 1 aromatic heterocycles. The van der Waals surface area contributed by atoms with Gasteiger partial charge in [0.1, 0.15) is 0 Å². The summed E-state index contributed by atoms with van der Waals surface area (Å²) in [7, 11) is 1.37. The lowest BCUT2D eigenvalue weighted by molar-refractivity contribution is -0.139. The number of rotatable bonds is 3. The molecule has 0 aliphatic carbocycles. The molecule has 1 heterocycles. The van der Waals surface area contributed by atoms with Gasteiger partial charge in [0, 0.05) is 12.1 Å². The number of carbonyl (C=O) groups excluding carboxylic acids is 1. The number of aromatic hydroxyl groups is 2. The van der Waals surface area contributed by atoms with Gasteiger partial charge in [0.15, 0.2) is 0 Å². The molecule has 0 bridgehead atoms. The monoisotopic (exact) mass is 199 g/mol. The maximum Gasteiger partial charge on any atom is 0.359 e. The van der Waals surface area contributed by atoms with Gasteiger partial charge in [-0.2, -0.15) is 0 Å². The van der Waals surface area contributed by atoms with Crippen LogP contribution in [-0.2, 0) is 9.53 Å². The number of carbonyl (C=O) groups is 1. The van der Waals surface area contributed by atoms with Crippen LogP contribution in [0.5, 0.6) is 11.8 Å². The van der Waals surface area contributed by atoms with Gasteiger partial charge in [-0.3, -0.25) is 0 Å². The maximum atomic E-state index is 10.9. The topological polar surface area (TPSA) is 80.9 Å². The summed E-state index contributed by atoms with van der Waals surface area (Å²) in [6, 6.07) is 2.37. The predicted octanol–water partition coefficient (Wildman–Crippen LogP) is 0.0146. The fourth-order valence-corrected chi connectivity index (χ4v) is 0.739. The van der Waals surface area contributed by atoms with Crippen LogP contribution in [0.2, 0.25) is 0 Å². The lowest BCUT2D eigenvalue weighted by atomic mass is 10.6. The van der Waals surface area contributed by atoms with Crippen LogP contribution in [0.3, 0.4) is 0 Å². The third-order valence-electron chi connectivity index (χ3n) is 1.32. The molecule has 0 atom stereocenters. The lowest BCUT2D eigenvalue weighted by Gasteiger charge is -2.03. The average Bonchev–Trinajstić information content (AvgIpc) is 2.46. The first-order valence-corrected chi connectivity index (χ1v) is 3.66. The molecular weight excluding hydrogens is 190 g/mol. The molecule has 14 heavy (non-hydrogen) atoms. The first-order valence-electron chi connectivity index (χ1n) is 3.66.